The Morgan fingerprint density at radius 3 is 2.72 bits per heavy atom. The Hall–Kier alpha value is -2.14. The molecule has 1 amide bonds. The summed E-state index contributed by atoms with van der Waals surface area (Å²) in [6.45, 7) is 0. The van der Waals surface area contributed by atoms with Gasteiger partial charge in [0, 0.05) is 5.56 Å². The molecule has 2 aromatic rings. The van der Waals surface area contributed by atoms with Crippen LogP contribution in [0.25, 0.3) is 0 Å². The van der Waals surface area contributed by atoms with Gasteiger partial charge in [-0.1, -0.05) is 11.6 Å². The lowest BCUT2D eigenvalue weighted by molar-refractivity contribution is 0.102. The maximum Gasteiger partial charge on any atom is 0.255 e. The minimum Gasteiger partial charge on any atom is -0.396 e. The van der Waals surface area contributed by atoms with E-state index in [2.05, 4.69) is 10.3 Å². The van der Waals surface area contributed by atoms with E-state index in [9.17, 15) is 9.18 Å². The van der Waals surface area contributed by atoms with Crippen LogP contribution in [-0.4, -0.2) is 10.9 Å². The van der Waals surface area contributed by atoms with Crippen molar-refractivity contribution >= 4 is 28.9 Å². The molecule has 0 saturated heterocycles. The van der Waals surface area contributed by atoms with E-state index in [1.54, 1.807) is 12.1 Å². The van der Waals surface area contributed by atoms with Gasteiger partial charge in [-0.25, -0.2) is 9.37 Å². The summed E-state index contributed by atoms with van der Waals surface area (Å²) < 4.78 is 13.0. The normalized spacial score (nSPS) is 10.1. The molecule has 0 atom stereocenters. The van der Waals surface area contributed by atoms with Crippen molar-refractivity contribution in [2.45, 2.75) is 0 Å². The average molecular weight is 266 g/mol. The van der Waals surface area contributed by atoms with E-state index in [0.717, 1.165) is 6.07 Å². The largest absolute Gasteiger partial charge is 0.396 e. The molecule has 1 aromatic heterocycles. The van der Waals surface area contributed by atoms with Crippen LogP contribution in [0.4, 0.5) is 15.8 Å². The van der Waals surface area contributed by atoms with E-state index in [0.29, 0.717) is 10.8 Å². The van der Waals surface area contributed by atoms with E-state index in [1.165, 1.54) is 18.3 Å². The number of hydrogen-bond acceptors (Lipinski definition) is 3. The Morgan fingerprint density at radius 2 is 2.11 bits per heavy atom. The first-order valence-electron chi connectivity index (χ1n) is 5.04. The Labute approximate surface area is 108 Å². The highest BCUT2D eigenvalue weighted by Crippen LogP contribution is 2.15. The molecule has 0 aliphatic heterocycles. The third-order valence-electron chi connectivity index (χ3n) is 2.24. The zero-order valence-electron chi connectivity index (χ0n) is 9.15. The number of nitrogens with two attached hydrogens (primary N) is 1. The third-order valence-corrected chi connectivity index (χ3v) is 2.47. The first kappa shape index (κ1) is 12.3. The van der Waals surface area contributed by atoms with Gasteiger partial charge in [0.2, 0.25) is 0 Å². The van der Waals surface area contributed by atoms with Crippen molar-refractivity contribution in [2.75, 3.05) is 11.1 Å². The Kier molecular flexibility index (Phi) is 3.43. The minimum atomic E-state index is -0.556. The number of pyridine rings is 1. The number of aromatic nitrogens is 1. The Balaban J connectivity index is 2.16. The van der Waals surface area contributed by atoms with Gasteiger partial charge >= 0.3 is 0 Å². The maximum atomic E-state index is 13.0. The van der Waals surface area contributed by atoms with Gasteiger partial charge in [0.1, 0.15) is 11.0 Å². The first-order chi connectivity index (χ1) is 8.56. The Morgan fingerprint density at radius 1 is 1.33 bits per heavy atom. The monoisotopic (exact) mass is 265 g/mol. The topological polar surface area (TPSA) is 68.0 Å². The molecule has 0 saturated carbocycles. The number of benzene rings is 1. The number of nitrogen functional groups attached to an aromatic ring is 1. The summed E-state index contributed by atoms with van der Waals surface area (Å²) in [6, 6.07) is 6.93. The number of nitrogens with zero attached hydrogens (tertiary/aromatic N) is 1. The van der Waals surface area contributed by atoms with Crippen LogP contribution in [0.15, 0.2) is 36.5 Å². The lowest BCUT2D eigenvalue weighted by atomic mass is 10.2. The van der Waals surface area contributed by atoms with Crippen LogP contribution in [0.3, 0.4) is 0 Å². The smallest absolute Gasteiger partial charge is 0.255 e. The lowest BCUT2D eigenvalue weighted by Gasteiger charge is -2.05. The van der Waals surface area contributed by atoms with Gasteiger partial charge in [0.15, 0.2) is 0 Å². The second-order valence-electron chi connectivity index (χ2n) is 3.56. The number of carbonyl (C=O) groups excluding carboxylic acids is 1. The summed E-state index contributed by atoms with van der Waals surface area (Å²) in [5, 5.41) is 2.93. The van der Waals surface area contributed by atoms with E-state index in [1.807, 2.05) is 0 Å². The van der Waals surface area contributed by atoms with Gasteiger partial charge in [-0.2, -0.15) is 0 Å². The van der Waals surface area contributed by atoms with Crippen LogP contribution >= 0.6 is 11.6 Å². The fourth-order valence-corrected chi connectivity index (χ4v) is 1.45. The van der Waals surface area contributed by atoms with E-state index in [-0.39, 0.29) is 11.3 Å². The maximum absolute atomic E-state index is 13.0. The highest BCUT2D eigenvalue weighted by atomic mass is 35.5. The van der Waals surface area contributed by atoms with Crippen LogP contribution in [0.1, 0.15) is 10.4 Å². The van der Waals surface area contributed by atoms with Crippen LogP contribution in [0, 0.1) is 5.82 Å². The number of halogens is 2. The van der Waals surface area contributed by atoms with Gasteiger partial charge in [-0.3, -0.25) is 4.79 Å². The van der Waals surface area contributed by atoms with Crippen molar-refractivity contribution in [2.24, 2.45) is 0 Å². The molecule has 3 N–H and O–H groups in total. The van der Waals surface area contributed by atoms with Gasteiger partial charge in [0.05, 0.1) is 17.6 Å². The SMILES string of the molecule is Nc1cc(C(=O)Nc2ccc(Cl)nc2)ccc1F. The molecule has 6 heteroatoms. The van der Waals surface area contributed by atoms with Crippen molar-refractivity contribution in [1.29, 1.82) is 0 Å². The number of carbonyl (C=O) groups is 1. The predicted octanol–water partition coefficient (Wildman–Crippen LogP) is 2.71. The fraction of sp³-hybridized carbons (Fsp3) is 0. The summed E-state index contributed by atoms with van der Waals surface area (Å²) in [5.74, 6) is -0.953. The van der Waals surface area contributed by atoms with Crippen molar-refractivity contribution in [3.63, 3.8) is 0 Å². The molecule has 92 valence electrons. The first-order valence-corrected chi connectivity index (χ1v) is 5.42. The van der Waals surface area contributed by atoms with Gasteiger partial charge in [-0.05, 0) is 30.3 Å². The number of nitrogens with one attached hydrogen (secondary N) is 1. The molecule has 0 fully saturated rings. The molecule has 1 aromatic carbocycles. The Bertz CT molecular complexity index is 586. The second kappa shape index (κ2) is 5.01. The van der Waals surface area contributed by atoms with Crippen molar-refractivity contribution in [3.05, 3.63) is 53.1 Å². The lowest BCUT2D eigenvalue weighted by Crippen LogP contribution is -2.12. The van der Waals surface area contributed by atoms with Crippen molar-refractivity contribution < 1.29 is 9.18 Å². The van der Waals surface area contributed by atoms with Gasteiger partial charge in [0.25, 0.3) is 5.91 Å². The van der Waals surface area contributed by atoms with E-state index in [4.69, 9.17) is 17.3 Å². The van der Waals surface area contributed by atoms with Crippen LogP contribution in [-0.2, 0) is 0 Å². The summed E-state index contributed by atoms with van der Waals surface area (Å²) in [4.78, 5) is 15.6. The third kappa shape index (κ3) is 2.75. The molecule has 18 heavy (non-hydrogen) atoms. The number of rotatable bonds is 2. The molecule has 2 rings (SSSR count). The zero-order chi connectivity index (χ0) is 13.1. The van der Waals surface area contributed by atoms with E-state index < -0.39 is 11.7 Å². The van der Waals surface area contributed by atoms with E-state index >= 15 is 0 Å². The summed E-state index contributed by atoms with van der Waals surface area (Å²) in [6.07, 6.45) is 1.42. The molecule has 0 unspecified atom stereocenters. The number of amides is 1. The zero-order valence-corrected chi connectivity index (χ0v) is 9.91. The molecule has 0 radical (unpaired) electrons. The van der Waals surface area contributed by atoms with Gasteiger partial charge in [-0.15, -0.1) is 0 Å². The molecule has 0 bridgehead atoms. The summed E-state index contributed by atoms with van der Waals surface area (Å²) >= 11 is 5.62. The second-order valence-corrected chi connectivity index (χ2v) is 3.95. The van der Waals surface area contributed by atoms with Crippen LogP contribution in [0.5, 0.6) is 0 Å². The highest BCUT2D eigenvalue weighted by Gasteiger charge is 2.08. The molecule has 0 spiro atoms. The quantitative estimate of drug-likeness (QED) is 0.648. The highest BCUT2D eigenvalue weighted by molar-refractivity contribution is 6.29. The summed E-state index contributed by atoms with van der Waals surface area (Å²) in [7, 11) is 0. The van der Waals surface area contributed by atoms with Crippen molar-refractivity contribution in [3.8, 4) is 0 Å². The van der Waals surface area contributed by atoms with Gasteiger partial charge < -0.3 is 11.1 Å². The van der Waals surface area contributed by atoms with Crippen LogP contribution < -0.4 is 11.1 Å². The molecular formula is C12H9ClFN3O. The standard InChI is InChI=1S/C12H9ClFN3O/c13-11-4-2-8(6-16-11)17-12(18)7-1-3-9(14)10(15)5-7/h1-6H,15H2,(H,17,18). The van der Waals surface area contributed by atoms with Crippen LogP contribution in [0.2, 0.25) is 5.15 Å². The predicted molar refractivity (Wildman–Crippen MR) is 68.0 cm³/mol. The summed E-state index contributed by atoms with van der Waals surface area (Å²) in [5.41, 5.74) is 6.07. The molecule has 0 aliphatic carbocycles. The number of anilines is 2. The van der Waals surface area contributed by atoms with Crippen molar-refractivity contribution in [1.82, 2.24) is 4.98 Å². The number of hydrogen-bond donors (Lipinski definition) is 2. The fourth-order valence-electron chi connectivity index (χ4n) is 1.34. The minimum absolute atomic E-state index is 0.0723. The molecule has 0 aliphatic rings. The molecule has 1 heterocycles. The molecular weight excluding hydrogens is 257 g/mol. The average Bonchev–Trinajstić information content (AvgIpc) is 2.35. The molecule has 4 nitrogen and oxygen atoms in total.